The molecule has 1 aromatic carbocycles. The molecule has 1 heterocycles. The van der Waals surface area contributed by atoms with Gasteiger partial charge in [0.1, 0.15) is 5.75 Å². The van der Waals surface area contributed by atoms with E-state index in [-0.39, 0.29) is 11.9 Å². The topological polar surface area (TPSA) is 50.8 Å². The average Bonchev–Trinajstić information content (AvgIpc) is 2.58. The van der Waals surface area contributed by atoms with E-state index in [0.717, 1.165) is 37.4 Å². The zero-order chi connectivity index (χ0) is 15.8. The van der Waals surface area contributed by atoms with Crippen LogP contribution in [0.25, 0.3) is 0 Å². The molecule has 1 fully saturated rings. The lowest BCUT2D eigenvalue weighted by Crippen LogP contribution is -2.48. The van der Waals surface area contributed by atoms with E-state index in [2.05, 4.69) is 5.32 Å². The third-order valence-corrected chi connectivity index (χ3v) is 3.95. The molecule has 1 saturated heterocycles. The van der Waals surface area contributed by atoms with Gasteiger partial charge in [-0.3, -0.25) is 4.79 Å². The minimum atomic E-state index is 0.0319. The summed E-state index contributed by atoms with van der Waals surface area (Å²) in [7, 11) is 1.67. The van der Waals surface area contributed by atoms with Gasteiger partial charge in [-0.1, -0.05) is 18.2 Å². The molecular weight excluding hydrogens is 280 g/mol. The number of piperazine rings is 1. The SMILES string of the molecule is CCOCCCC(=O)N1CCNCC1c1ccccc1OC. The van der Waals surface area contributed by atoms with Gasteiger partial charge in [0.2, 0.25) is 5.91 Å². The van der Waals surface area contributed by atoms with Crippen LogP contribution in [0.3, 0.4) is 0 Å². The maximum absolute atomic E-state index is 12.5. The monoisotopic (exact) mass is 306 g/mol. The highest BCUT2D eigenvalue weighted by Gasteiger charge is 2.29. The zero-order valence-electron chi connectivity index (χ0n) is 13.5. The Labute approximate surface area is 132 Å². The standard InChI is InChI=1S/C17H26N2O3/c1-3-22-12-6-9-17(20)19-11-10-18-13-15(19)14-7-4-5-8-16(14)21-2/h4-5,7-8,15,18H,3,6,9-13H2,1-2H3. The molecule has 0 bridgehead atoms. The van der Waals surface area contributed by atoms with Crippen molar-refractivity contribution in [3.05, 3.63) is 29.8 Å². The fraction of sp³-hybridized carbons (Fsp3) is 0.588. The van der Waals surface area contributed by atoms with Gasteiger partial charge in [-0.05, 0) is 19.4 Å². The largest absolute Gasteiger partial charge is 0.496 e. The fourth-order valence-corrected chi connectivity index (χ4v) is 2.84. The molecule has 1 aliphatic rings. The van der Waals surface area contributed by atoms with Crippen LogP contribution >= 0.6 is 0 Å². The maximum Gasteiger partial charge on any atom is 0.223 e. The Morgan fingerprint density at radius 1 is 1.41 bits per heavy atom. The van der Waals surface area contributed by atoms with Gasteiger partial charge >= 0.3 is 0 Å². The number of carbonyl (C=O) groups excluding carboxylic acids is 1. The Balaban J connectivity index is 2.06. The smallest absolute Gasteiger partial charge is 0.223 e. The molecule has 1 unspecified atom stereocenters. The van der Waals surface area contributed by atoms with Crippen LogP contribution in [-0.4, -0.2) is 50.8 Å². The number of benzene rings is 1. The van der Waals surface area contributed by atoms with E-state index in [4.69, 9.17) is 9.47 Å². The molecule has 0 aliphatic carbocycles. The van der Waals surface area contributed by atoms with Crippen LogP contribution in [0.4, 0.5) is 0 Å². The van der Waals surface area contributed by atoms with Gasteiger partial charge < -0.3 is 19.7 Å². The minimum Gasteiger partial charge on any atom is -0.496 e. The second-order valence-corrected chi connectivity index (χ2v) is 5.35. The number of hydrogen-bond donors (Lipinski definition) is 1. The number of hydrogen-bond acceptors (Lipinski definition) is 4. The summed E-state index contributed by atoms with van der Waals surface area (Å²) in [4.78, 5) is 14.5. The Hall–Kier alpha value is -1.59. The van der Waals surface area contributed by atoms with Crippen LogP contribution < -0.4 is 10.1 Å². The summed E-state index contributed by atoms with van der Waals surface area (Å²) in [5.74, 6) is 1.03. The number of methoxy groups -OCH3 is 1. The summed E-state index contributed by atoms with van der Waals surface area (Å²) >= 11 is 0. The van der Waals surface area contributed by atoms with Crippen LogP contribution in [0.1, 0.15) is 31.4 Å². The minimum absolute atomic E-state index is 0.0319. The van der Waals surface area contributed by atoms with Crippen molar-refractivity contribution in [1.82, 2.24) is 10.2 Å². The molecule has 0 saturated carbocycles. The van der Waals surface area contributed by atoms with E-state index in [1.54, 1.807) is 7.11 Å². The second-order valence-electron chi connectivity index (χ2n) is 5.35. The normalized spacial score (nSPS) is 18.3. The summed E-state index contributed by atoms with van der Waals surface area (Å²) in [6.45, 7) is 5.64. The second kappa shape index (κ2) is 8.76. The van der Waals surface area contributed by atoms with Gasteiger partial charge in [-0.2, -0.15) is 0 Å². The molecule has 22 heavy (non-hydrogen) atoms. The molecule has 5 heteroatoms. The Morgan fingerprint density at radius 2 is 2.23 bits per heavy atom. The summed E-state index contributed by atoms with van der Waals surface area (Å²) in [5.41, 5.74) is 1.07. The molecule has 0 radical (unpaired) electrons. The van der Waals surface area contributed by atoms with Crippen LogP contribution in [0.2, 0.25) is 0 Å². The van der Waals surface area contributed by atoms with Crippen molar-refractivity contribution < 1.29 is 14.3 Å². The average molecular weight is 306 g/mol. The van der Waals surface area contributed by atoms with Crippen LogP contribution in [0, 0.1) is 0 Å². The third kappa shape index (κ3) is 4.21. The van der Waals surface area contributed by atoms with Gasteiger partial charge in [0.05, 0.1) is 13.2 Å². The lowest BCUT2D eigenvalue weighted by molar-refractivity contribution is -0.135. The first-order valence-electron chi connectivity index (χ1n) is 7.98. The summed E-state index contributed by atoms with van der Waals surface area (Å²) in [5, 5.41) is 3.37. The molecule has 5 nitrogen and oxygen atoms in total. The first-order valence-corrected chi connectivity index (χ1v) is 7.98. The van der Waals surface area contributed by atoms with Gasteiger partial charge in [-0.25, -0.2) is 0 Å². The Kier molecular flexibility index (Phi) is 6.68. The van der Waals surface area contributed by atoms with E-state index in [0.29, 0.717) is 19.6 Å². The van der Waals surface area contributed by atoms with Gasteiger partial charge in [0.15, 0.2) is 0 Å². The molecule has 1 amide bonds. The molecule has 1 aliphatic heterocycles. The highest BCUT2D eigenvalue weighted by molar-refractivity contribution is 5.77. The summed E-state index contributed by atoms with van der Waals surface area (Å²) in [6, 6.07) is 7.96. The van der Waals surface area contributed by atoms with Gasteiger partial charge in [0, 0.05) is 44.8 Å². The molecular formula is C17H26N2O3. The van der Waals surface area contributed by atoms with E-state index >= 15 is 0 Å². The zero-order valence-corrected chi connectivity index (χ0v) is 13.5. The first kappa shape index (κ1) is 16.8. The first-order chi connectivity index (χ1) is 10.8. The molecule has 0 aromatic heterocycles. The Bertz CT molecular complexity index is 479. The highest BCUT2D eigenvalue weighted by Crippen LogP contribution is 2.30. The lowest BCUT2D eigenvalue weighted by Gasteiger charge is -2.37. The number of ether oxygens (including phenoxy) is 2. The van der Waals surface area contributed by atoms with Crippen LogP contribution in [0.15, 0.2) is 24.3 Å². The van der Waals surface area contributed by atoms with Crippen molar-refractivity contribution in [1.29, 1.82) is 0 Å². The Morgan fingerprint density at radius 3 is 3.00 bits per heavy atom. The molecule has 1 atom stereocenters. The molecule has 2 rings (SSSR count). The van der Waals surface area contributed by atoms with Gasteiger partial charge in [-0.15, -0.1) is 0 Å². The lowest BCUT2D eigenvalue weighted by atomic mass is 10.0. The van der Waals surface area contributed by atoms with Gasteiger partial charge in [0.25, 0.3) is 0 Å². The molecule has 122 valence electrons. The van der Waals surface area contributed by atoms with Crippen molar-refractivity contribution >= 4 is 5.91 Å². The predicted octanol–water partition coefficient (Wildman–Crippen LogP) is 1.98. The van der Waals surface area contributed by atoms with Crippen LogP contribution in [-0.2, 0) is 9.53 Å². The van der Waals surface area contributed by atoms with Crippen molar-refractivity contribution in [2.45, 2.75) is 25.8 Å². The van der Waals surface area contributed by atoms with Crippen LogP contribution in [0.5, 0.6) is 5.75 Å². The number of para-hydroxylation sites is 1. The maximum atomic E-state index is 12.5. The van der Waals surface area contributed by atoms with Crippen molar-refractivity contribution in [2.75, 3.05) is 40.0 Å². The fourth-order valence-electron chi connectivity index (χ4n) is 2.84. The summed E-state index contributed by atoms with van der Waals surface area (Å²) < 4.78 is 10.8. The predicted molar refractivity (Wildman–Crippen MR) is 86.0 cm³/mol. The number of carbonyl (C=O) groups is 1. The third-order valence-electron chi connectivity index (χ3n) is 3.95. The van der Waals surface area contributed by atoms with E-state index in [1.807, 2.05) is 36.1 Å². The molecule has 1 N–H and O–H groups in total. The summed E-state index contributed by atoms with van der Waals surface area (Å²) in [6.07, 6.45) is 1.31. The number of nitrogens with zero attached hydrogens (tertiary/aromatic N) is 1. The van der Waals surface area contributed by atoms with E-state index in [9.17, 15) is 4.79 Å². The number of nitrogens with one attached hydrogen (secondary N) is 1. The number of rotatable bonds is 7. The quantitative estimate of drug-likeness (QED) is 0.783. The van der Waals surface area contributed by atoms with Crippen molar-refractivity contribution in [3.8, 4) is 5.75 Å². The molecule has 0 spiro atoms. The number of amides is 1. The molecule has 1 aromatic rings. The highest BCUT2D eigenvalue weighted by atomic mass is 16.5. The van der Waals surface area contributed by atoms with Crippen molar-refractivity contribution in [3.63, 3.8) is 0 Å². The van der Waals surface area contributed by atoms with E-state index in [1.165, 1.54) is 0 Å². The van der Waals surface area contributed by atoms with E-state index < -0.39 is 0 Å². The van der Waals surface area contributed by atoms with Crippen molar-refractivity contribution in [2.24, 2.45) is 0 Å².